The summed E-state index contributed by atoms with van der Waals surface area (Å²) in [6, 6.07) is 7.28. The minimum atomic E-state index is 0.931. The molecule has 2 aliphatic rings. The average molecular weight is 383 g/mol. The zero-order valence-corrected chi connectivity index (χ0v) is 16.1. The van der Waals surface area contributed by atoms with Crippen LogP contribution < -0.4 is 14.5 Å². The predicted octanol–water partition coefficient (Wildman–Crippen LogP) is 1.32. The Morgan fingerprint density at radius 3 is 2.65 bits per heavy atom. The normalized spacial score (nSPS) is 31.8. The topological polar surface area (TPSA) is 18.1 Å². The minimum Gasteiger partial charge on any atom is -0.496 e. The van der Waals surface area contributed by atoms with Crippen molar-refractivity contribution < 1.29 is 14.5 Å². The lowest BCUT2D eigenvalue weighted by atomic mass is 9.86. The van der Waals surface area contributed by atoms with Gasteiger partial charge in [-0.15, -0.1) is 0 Å². The van der Waals surface area contributed by atoms with Gasteiger partial charge in [0.25, 0.3) is 0 Å². The van der Waals surface area contributed by atoms with Crippen LogP contribution in [0.4, 0.5) is 0 Å². The van der Waals surface area contributed by atoms with Crippen LogP contribution in [0.15, 0.2) is 22.7 Å². The predicted molar refractivity (Wildman–Crippen MR) is 97.2 cm³/mol. The molecule has 23 heavy (non-hydrogen) atoms. The molecule has 128 valence electrons. The fourth-order valence-corrected chi connectivity index (χ4v) is 4.88. The van der Waals surface area contributed by atoms with Crippen molar-refractivity contribution in [3.8, 4) is 5.75 Å². The molecule has 0 radical (unpaired) electrons. The molecule has 1 aromatic carbocycles. The van der Waals surface area contributed by atoms with E-state index in [1.165, 1.54) is 57.4 Å². The van der Waals surface area contributed by atoms with Crippen LogP contribution in [0.3, 0.4) is 0 Å². The molecule has 1 aliphatic heterocycles. The van der Waals surface area contributed by atoms with Crippen LogP contribution >= 0.6 is 15.9 Å². The van der Waals surface area contributed by atoms with Crippen LogP contribution in [0.5, 0.6) is 5.75 Å². The van der Waals surface area contributed by atoms with Gasteiger partial charge in [0.1, 0.15) is 38.5 Å². The molecule has 2 atom stereocenters. The highest BCUT2D eigenvalue weighted by Gasteiger charge is 2.32. The third-order valence-corrected chi connectivity index (χ3v) is 6.29. The lowest BCUT2D eigenvalue weighted by Gasteiger charge is -2.37. The number of halogens is 1. The third-order valence-electron chi connectivity index (χ3n) is 5.80. The highest BCUT2D eigenvalue weighted by Crippen LogP contribution is 2.23. The van der Waals surface area contributed by atoms with E-state index in [4.69, 9.17) is 4.74 Å². The number of benzene rings is 1. The van der Waals surface area contributed by atoms with Crippen molar-refractivity contribution in [1.82, 2.24) is 0 Å². The maximum Gasteiger partial charge on any atom is 0.127 e. The standard InChI is InChI=1S/C19H29BrN2O/c1-15-4-3-5-18(12-15)22-10-8-21(9-11-22)14-16-13-17(20)6-7-19(16)23-2/h6-7,13,15,18H,3-5,8-12,14H2,1-2H3/p+2/t15-,18-/m1/s1. The molecule has 3 rings (SSSR count). The van der Waals surface area contributed by atoms with Gasteiger partial charge in [-0.1, -0.05) is 29.3 Å². The van der Waals surface area contributed by atoms with Crippen LogP contribution in [-0.4, -0.2) is 39.3 Å². The van der Waals surface area contributed by atoms with Crippen molar-refractivity contribution in [3.63, 3.8) is 0 Å². The van der Waals surface area contributed by atoms with Gasteiger partial charge in [0.2, 0.25) is 0 Å². The second kappa shape index (κ2) is 8.00. The van der Waals surface area contributed by atoms with Crippen LogP contribution in [0.2, 0.25) is 0 Å². The Labute approximate surface area is 149 Å². The van der Waals surface area contributed by atoms with Gasteiger partial charge < -0.3 is 14.5 Å². The first kappa shape index (κ1) is 17.2. The number of methoxy groups -OCH3 is 1. The lowest BCUT2D eigenvalue weighted by molar-refractivity contribution is -1.03. The molecule has 1 aromatic rings. The van der Waals surface area contributed by atoms with E-state index in [0.29, 0.717) is 0 Å². The van der Waals surface area contributed by atoms with Gasteiger partial charge in [-0.25, -0.2) is 0 Å². The zero-order chi connectivity index (χ0) is 16.2. The molecule has 1 aliphatic carbocycles. The van der Waals surface area contributed by atoms with Gasteiger partial charge >= 0.3 is 0 Å². The lowest BCUT2D eigenvalue weighted by Crippen LogP contribution is -3.29. The monoisotopic (exact) mass is 382 g/mol. The van der Waals surface area contributed by atoms with Crippen LogP contribution in [0, 0.1) is 5.92 Å². The van der Waals surface area contributed by atoms with Crippen molar-refractivity contribution in [1.29, 1.82) is 0 Å². The Kier molecular flexibility index (Phi) is 6.00. The highest BCUT2D eigenvalue weighted by molar-refractivity contribution is 9.10. The second-order valence-electron chi connectivity index (χ2n) is 7.51. The van der Waals surface area contributed by atoms with Crippen molar-refractivity contribution in [2.75, 3.05) is 33.3 Å². The minimum absolute atomic E-state index is 0.931. The molecule has 2 fully saturated rings. The summed E-state index contributed by atoms with van der Waals surface area (Å²) in [5.74, 6) is 1.97. The molecule has 0 amide bonds. The third kappa shape index (κ3) is 4.49. The fourth-order valence-electron chi connectivity index (χ4n) is 4.47. The number of piperazine rings is 1. The summed E-state index contributed by atoms with van der Waals surface area (Å²) in [6.07, 6.45) is 5.80. The smallest absolute Gasteiger partial charge is 0.127 e. The molecular weight excluding hydrogens is 352 g/mol. The van der Waals surface area contributed by atoms with Crippen molar-refractivity contribution in [2.45, 2.75) is 45.2 Å². The quantitative estimate of drug-likeness (QED) is 0.803. The van der Waals surface area contributed by atoms with Gasteiger partial charge in [-0.3, -0.25) is 0 Å². The Morgan fingerprint density at radius 1 is 1.17 bits per heavy atom. The number of hydrogen-bond acceptors (Lipinski definition) is 1. The summed E-state index contributed by atoms with van der Waals surface area (Å²) in [7, 11) is 1.77. The van der Waals surface area contributed by atoms with Gasteiger partial charge in [0.05, 0.1) is 13.2 Å². The number of rotatable bonds is 4. The van der Waals surface area contributed by atoms with Gasteiger partial charge in [-0.05, 0) is 37.0 Å². The molecular formula is C19H31BrN2O+2. The highest BCUT2D eigenvalue weighted by atomic mass is 79.9. The molecule has 3 nitrogen and oxygen atoms in total. The molecule has 0 aromatic heterocycles. The maximum absolute atomic E-state index is 5.53. The summed E-state index contributed by atoms with van der Waals surface area (Å²) in [4.78, 5) is 3.58. The summed E-state index contributed by atoms with van der Waals surface area (Å²) >= 11 is 3.59. The van der Waals surface area contributed by atoms with E-state index < -0.39 is 0 Å². The van der Waals surface area contributed by atoms with E-state index in [1.54, 1.807) is 12.0 Å². The van der Waals surface area contributed by atoms with E-state index in [9.17, 15) is 0 Å². The molecule has 1 saturated heterocycles. The Bertz CT molecular complexity index is 514. The van der Waals surface area contributed by atoms with Crippen molar-refractivity contribution >= 4 is 15.9 Å². The van der Waals surface area contributed by atoms with Gasteiger partial charge in [0, 0.05) is 16.5 Å². The molecule has 0 unspecified atom stereocenters. The van der Waals surface area contributed by atoms with E-state index in [0.717, 1.165) is 28.7 Å². The average Bonchev–Trinajstić information content (AvgIpc) is 2.56. The molecule has 0 spiro atoms. The van der Waals surface area contributed by atoms with E-state index in [-0.39, 0.29) is 0 Å². The molecule has 1 saturated carbocycles. The number of hydrogen-bond donors (Lipinski definition) is 2. The molecule has 1 heterocycles. The first-order valence-corrected chi connectivity index (χ1v) is 9.95. The molecule has 0 bridgehead atoms. The van der Waals surface area contributed by atoms with Crippen LogP contribution in [0.1, 0.15) is 38.2 Å². The first-order chi connectivity index (χ1) is 11.2. The first-order valence-electron chi connectivity index (χ1n) is 9.16. The van der Waals surface area contributed by atoms with Crippen LogP contribution in [-0.2, 0) is 6.54 Å². The largest absolute Gasteiger partial charge is 0.496 e. The number of quaternary nitrogens is 2. The summed E-state index contributed by atoms with van der Waals surface area (Å²) in [6.45, 7) is 8.77. The Balaban J connectivity index is 1.54. The van der Waals surface area contributed by atoms with Crippen LogP contribution in [0.25, 0.3) is 0 Å². The zero-order valence-electron chi connectivity index (χ0n) is 14.5. The Morgan fingerprint density at radius 2 is 1.96 bits per heavy atom. The SMILES string of the molecule is COc1ccc(Br)cc1C[NH+]1CC[NH+]([C@@H]2CCC[C@@H](C)C2)CC1. The summed E-state index contributed by atoms with van der Waals surface area (Å²) in [5.41, 5.74) is 1.33. The number of nitrogens with one attached hydrogen (secondary N) is 2. The second-order valence-corrected chi connectivity index (χ2v) is 8.43. The van der Waals surface area contributed by atoms with E-state index in [1.807, 2.05) is 4.90 Å². The van der Waals surface area contributed by atoms with Crippen molar-refractivity contribution in [3.05, 3.63) is 28.2 Å². The molecule has 2 N–H and O–H groups in total. The fraction of sp³-hybridized carbons (Fsp3) is 0.684. The Hall–Kier alpha value is -0.580. The summed E-state index contributed by atoms with van der Waals surface area (Å²) < 4.78 is 6.68. The maximum atomic E-state index is 5.53. The van der Waals surface area contributed by atoms with E-state index >= 15 is 0 Å². The molecule has 4 heteroatoms. The van der Waals surface area contributed by atoms with Gasteiger partial charge in [0.15, 0.2) is 0 Å². The summed E-state index contributed by atoms with van der Waals surface area (Å²) in [5, 5.41) is 0. The van der Waals surface area contributed by atoms with Gasteiger partial charge in [-0.2, -0.15) is 0 Å². The number of ether oxygens (including phenoxy) is 1. The van der Waals surface area contributed by atoms with Crippen molar-refractivity contribution in [2.24, 2.45) is 5.92 Å². The van der Waals surface area contributed by atoms with E-state index in [2.05, 4.69) is 41.1 Å².